The Bertz CT molecular complexity index is 233. The smallest absolute Gasteiger partial charge is 0.369 e. The van der Waals surface area contributed by atoms with Gasteiger partial charge < -0.3 is 9.84 Å². The Kier molecular flexibility index (Phi) is 5.86. The maximum absolute atomic E-state index is 13.9. The molecule has 0 amide bonds. The molecule has 3 atom stereocenters. The highest BCUT2D eigenvalue weighted by Crippen LogP contribution is 2.28. The molecule has 0 bridgehead atoms. The third-order valence-corrected chi connectivity index (χ3v) is 2.71. The molecule has 96 valence electrons. The maximum Gasteiger partial charge on any atom is 0.369 e. The van der Waals surface area contributed by atoms with E-state index in [1.165, 1.54) is 6.92 Å². The molecule has 16 heavy (non-hydrogen) atoms. The number of halogens is 2. The van der Waals surface area contributed by atoms with Crippen molar-refractivity contribution < 1.29 is 23.4 Å². The highest BCUT2D eigenvalue weighted by Gasteiger charge is 2.45. The summed E-state index contributed by atoms with van der Waals surface area (Å²) < 4.78 is 31.8. The molecule has 3 unspecified atom stereocenters. The molecule has 0 aromatic rings. The molecule has 3 nitrogen and oxygen atoms in total. The summed E-state index contributed by atoms with van der Waals surface area (Å²) >= 11 is 0. The minimum absolute atomic E-state index is 0.307. The highest BCUT2D eigenvalue weighted by atomic mass is 19.2. The van der Waals surface area contributed by atoms with Crippen LogP contribution < -0.4 is 0 Å². The van der Waals surface area contributed by atoms with Gasteiger partial charge in [-0.15, -0.1) is 0 Å². The van der Waals surface area contributed by atoms with Crippen LogP contribution in [0.5, 0.6) is 0 Å². The van der Waals surface area contributed by atoms with Crippen LogP contribution in [0.25, 0.3) is 0 Å². The summed E-state index contributed by atoms with van der Waals surface area (Å²) in [6, 6.07) is 0. The van der Waals surface area contributed by atoms with Gasteiger partial charge in [0.1, 0.15) is 6.17 Å². The van der Waals surface area contributed by atoms with Crippen molar-refractivity contribution in [3.63, 3.8) is 0 Å². The second kappa shape index (κ2) is 6.13. The van der Waals surface area contributed by atoms with Crippen molar-refractivity contribution in [2.24, 2.45) is 11.8 Å². The van der Waals surface area contributed by atoms with Gasteiger partial charge in [-0.25, -0.2) is 9.18 Å². The predicted octanol–water partition coefficient (Wildman–Crippen LogP) is 2.79. The van der Waals surface area contributed by atoms with E-state index in [0.717, 1.165) is 0 Å². The predicted molar refractivity (Wildman–Crippen MR) is 56.6 cm³/mol. The summed E-state index contributed by atoms with van der Waals surface area (Å²) in [5.41, 5.74) is 0. The van der Waals surface area contributed by atoms with Crippen molar-refractivity contribution in [3.05, 3.63) is 0 Å². The van der Waals surface area contributed by atoms with Crippen LogP contribution in [0.4, 0.5) is 8.78 Å². The summed E-state index contributed by atoms with van der Waals surface area (Å²) in [5, 5.41) is 8.76. The van der Waals surface area contributed by atoms with Crippen LogP contribution in [0, 0.1) is 11.8 Å². The zero-order valence-corrected chi connectivity index (χ0v) is 10.2. The van der Waals surface area contributed by atoms with E-state index in [-0.39, 0.29) is 5.92 Å². The van der Waals surface area contributed by atoms with E-state index in [2.05, 4.69) is 4.74 Å². The number of alkyl halides is 2. The fourth-order valence-electron chi connectivity index (χ4n) is 1.07. The van der Waals surface area contributed by atoms with E-state index in [4.69, 9.17) is 5.11 Å². The first-order valence-electron chi connectivity index (χ1n) is 5.46. The minimum atomic E-state index is -2.80. The first-order valence-corrected chi connectivity index (χ1v) is 5.46. The quantitative estimate of drug-likeness (QED) is 0.741. The Morgan fingerprint density at radius 3 is 2.25 bits per heavy atom. The lowest BCUT2D eigenvalue weighted by molar-refractivity contribution is -0.215. The van der Waals surface area contributed by atoms with Crippen LogP contribution in [0.1, 0.15) is 34.1 Å². The topological polar surface area (TPSA) is 46.5 Å². The molecule has 0 spiro atoms. The average Bonchev–Trinajstić information content (AvgIpc) is 2.23. The van der Waals surface area contributed by atoms with Crippen molar-refractivity contribution in [2.45, 2.75) is 46.1 Å². The number of hydrogen-bond donors (Lipinski definition) is 1. The average molecular weight is 238 g/mol. The molecular weight excluding hydrogens is 218 g/mol. The molecule has 0 saturated heterocycles. The van der Waals surface area contributed by atoms with Crippen LogP contribution in [-0.4, -0.2) is 29.7 Å². The van der Waals surface area contributed by atoms with Crippen molar-refractivity contribution in [2.75, 3.05) is 6.61 Å². The fourth-order valence-corrected chi connectivity index (χ4v) is 1.07. The second-order valence-corrected chi connectivity index (χ2v) is 4.33. The van der Waals surface area contributed by atoms with Gasteiger partial charge in [0.05, 0.1) is 6.61 Å². The van der Waals surface area contributed by atoms with E-state index in [1.807, 2.05) is 0 Å². The van der Waals surface area contributed by atoms with Crippen molar-refractivity contribution in [1.82, 2.24) is 0 Å². The number of hydrogen-bond acceptors (Lipinski definition) is 2. The molecule has 1 N–H and O–H groups in total. The molecule has 0 heterocycles. The molecule has 0 fully saturated rings. The van der Waals surface area contributed by atoms with Crippen LogP contribution in [-0.2, 0) is 9.53 Å². The number of aliphatic carboxylic acids is 1. The number of carboxylic acid groups (broad SMARTS) is 1. The molecular formula is C11H20F2O3. The van der Waals surface area contributed by atoms with E-state index in [9.17, 15) is 13.6 Å². The summed E-state index contributed by atoms with van der Waals surface area (Å²) in [4.78, 5) is 10.8. The minimum Gasteiger partial charge on any atom is -0.477 e. The molecule has 0 aromatic heterocycles. The second-order valence-electron chi connectivity index (χ2n) is 4.33. The zero-order valence-electron chi connectivity index (χ0n) is 10.2. The summed E-state index contributed by atoms with van der Waals surface area (Å²) in [6.07, 6.45) is -1.06. The Morgan fingerprint density at radius 1 is 1.44 bits per heavy atom. The van der Waals surface area contributed by atoms with E-state index in [0.29, 0.717) is 6.42 Å². The Labute approximate surface area is 94.8 Å². The highest BCUT2D eigenvalue weighted by molar-refractivity contribution is 5.75. The van der Waals surface area contributed by atoms with Crippen LogP contribution in [0.2, 0.25) is 0 Å². The monoisotopic (exact) mass is 238 g/mol. The van der Waals surface area contributed by atoms with Crippen molar-refractivity contribution in [3.8, 4) is 0 Å². The van der Waals surface area contributed by atoms with Gasteiger partial charge in [-0.05, 0) is 12.3 Å². The Balaban J connectivity index is 4.52. The summed E-state index contributed by atoms with van der Waals surface area (Å²) in [7, 11) is 0. The number of ether oxygens (including phenoxy) is 1. The van der Waals surface area contributed by atoms with Gasteiger partial charge in [0.2, 0.25) is 0 Å². The summed E-state index contributed by atoms with van der Waals surface area (Å²) in [6.45, 7) is 5.79. The molecule has 0 aromatic carbocycles. The number of carboxylic acids is 1. The van der Waals surface area contributed by atoms with E-state index >= 15 is 0 Å². The maximum atomic E-state index is 13.9. The first kappa shape index (κ1) is 15.3. The van der Waals surface area contributed by atoms with Crippen LogP contribution in [0.3, 0.4) is 0 Å². The van der Waals surface area contributed by atoms with Gasteiger partial charge in [0.15, 0.2) is 0 Å². The normalized spacial score (nSPS) is 19.2. The van der Waals surface area contributed by atoms with Crippen LogP contribution >= 0.6 is 0 Å². The standard InChI is InChI=1S/C11H20F2O3/c1-5-8(4)11(13,10(14)15)16-6-9(12)7(2)3/h7-9H,5-6H2,1-4H3,(H,14,15). The van der Waals surface area contributed by atoms with Gasteiger partial charge in [0, 0.05) is 5.92 Å². The van der Waals surface area contributed by atoms with Gasteiger partial charge in [-0.3, -0.25) is 0 Å². The van der Waals surface area contributed by atoms with Gasteiger partial charge >= 0.3 is 11.8 Å². The molecule has 0 radical (unpaired) electrons. The third kappa shape index (κ3) is 3.70. The zero-order chi connectivity index (χ0) is 12.9. The lowest BCUT2D eigenvalue weighted by atomic mass is 9.99. The van der Waals surface area contributed by atoms with E-state index in [1.54, 1.807) is 20.8 Å². The van der Waals surface area contributed by atoms with E-state index < -0.39 is 30.5 Å². The fraction of sp³-hybridized carbons (Fsp3) is 0.909. The molecule has 5 heteroatoms. The Hall–Kier alpha value is -0.710. The molecule has 0 aliphatic heterocycles. The Morgan fingerprint density at radius 2 is 1.94 bits per heavy atom. The SMILES string of the molecule is CCC(C)C(F)(OCC(F)C(C)C)C(=O)O. The number of rotatable bonds is 7. The molecule has 0 aliphatic carbocycles. The lowest BCUT2D eigenvalue weighted by Gasteiger charge is -2.27. The van der Waals surface area contributed by atoms with Crippen molar-refractivity contribution in [1.29, 1.82) is 0 Å². The van der Waals surface area contributed by atoms with Crippen molar-refractivity contribution >= 4 is 5.97 Å². The van der Waals surface area contributed by atoms with Crippen LogP contribution in [0.15, 0.2) is 0 Å². The molecule has 0 aliphatic rings. The lowest BCUT2D eigenvalue weighted by Crippen LogP contribution is -2.44. The van der Waals surface area contributed by atoms with Gasteiger partial charge in [-0.1, -0.05) is 27.7 Å². The largest absolute Gasteiger partial charge is 0.477 e. The molecule has 0 saturated carbocycles. The van der Waals surface area contributed by atoms with Gasteiger partial charge in [-0.2, -0.15) is 4.39 Å². The first-order chi connectivity index (χ1) is 7.25. The van der Waals surface area contributed by atoms with Gasteiger partial charge in [0.25, 0.3) is 0 Å². The number of carbonyl (C=O) groups is 1. The molecule has 0 rings (SSSR count). The third-order valence-electron chi connectivity index (χ3n) is 2.71. The summed E-state index contributed by atoms with van der Waals surface area (Å²) in [5.74, 6) is -5.63.